The van der Waals surface area contributed by atoms with Crippen LogP contribution in [0, 0.1) is 12.7 Å². The second kappa shape index (κ2) is 5.52. The van der Waals surface area contributed by atoms with E-state index in [2.05, 4.69) is 26.3 Å². The third kappa shape index (κ3) is 3.20. The number of halogens is 2. The predicted octanol–water partition coefficient (Wildman–Crippen LogP) is 2.81. The fourth-order valence-electron chi connectivity index (χ4n) is 1.70. The van der Waals surface area contributed by atoms with Crippen LogP contribution in [-0.2, 0) is 18.3 Å². The molecule has 0 aliphatic carbocycles. The average molecular weight is 326 g/mol. The molecule has 1 aromatic carbocycles. The van der Waals surface area contributed by atoms with E-state index in [0.29, 0.717) is 10.0 Å². The van der Waals surface area contributed by atoms with E-state index in [-0.39, 0.29) is 18.0 Å². The summed E-state index contributed by atoms with van der Waals surface area (Å²) in [5.74, 6) is -0.692. The molecule has 0 saturated heterocycles. The minimum atomic E-state index is -0.422. The molecule has 0 fully saturated rings. The third-order valence-corrected chi connectivity index (χ3v) is 3.58. The van der Waals surface area contributed by atoms with Crippen LogP contribution < -0.4 is 5.32 Å². The van der Waals surface area contributed by atoms with Gasteiger partial charge in [0.15, 0.2) is 5.82 Å². The molecule has 0 radical (unpaired) electrons. The van der Waals surface area contributed by atoms with Crippen molar-refractivity contribution >= 4 is 27.5 Å². The monoisotopic (exact) mass is 325 g/mol. The van der Waals surface area contributed by atoms with E-state index >= 15 is 0 Å². The van der Waals surface area contributed by atoms with Gasteiger partial charge in [0.2, 0.25) is 5.91 Å². The number of aromatic nitrogens is 2. The van der Waals surface area contributed by atoms with Crippen molar-refractivity contribution in [2.24, 2.45) is 7.05 Å². The number of hydrogen-bond acceptors (Lipinski definition) is 2. The van der Waals surface area contributed by atoms with Crippen LogP contribution in [0.1, 0.15) is 11.1 Å². The molecule has 0 saturated carbocycles. The zero-order valence-electron chi connectivity index (χ0n) is 10.6. The summed E-state index contributed by atoms with van der Waals surface area (Å²) in [7, 11) is 1.78. The van der Waals surface area contributed by atoms with Crippen LogP contribution >= 0.6 is 15.9 Å². The van der Waals surface area contributed by atoms with Gasteiger partial charge in [-0.1, -0.05) is 15.9 Å². The van der Waals surface area contributed by atoms with Crippen molar-refractivity contribution in [3.63, 3.8) is 0 Å². The summed E-state index contributed by atoms with van der Waals surface area (Å²) < 4.78 is 16.2. The van der Waals surface area contributed by atoms with Crippen LogP contribution in [0.5, 0.6) is 0 Å². The van der Waals surface area contributed by atoms with Crippen molar-refractivity contribution in [3.05, 3.63) is 45.9 Å². The summed E-state index contributed by atoms with van der Waals surface area (Å²) in [5.41, 5.74) is 1.45. The Morgan fingerprint density at radius 2 is 2.26 bits per heavy atom. The van der Waals surface area contributed by atoms with E-state index in [1.165, 1.54) is 6.07 Å². The molecule has 1 aromatic heterocycles. The Hall–Kier alpha value is -1.69. The van der Waals surface area contributed by atoms with Gasteiger partial charge in [0.05, 0.1) is 18.3 Å². The summed E-state index contributed by atoms with van der Waals surface area (Å²) in [6, 6.07) is 3.24. The zero-order valence-corrected chi connectivity index (χ0v) is 12.2. The Bertz CT molecular complexity index is 624. The Kier molecular flexibility index (Phi) is 3.99. The van der Waals surface area contributed by atoms with Gasteiger partial charge in [0.1, 0.15) is 0 Å². The molecular formula is C13H13BrFN3O. The van der Waals surface area contributed by atoms with Crippen LogP contribution in [0.4, 0.5) is 10.1 Å². The van der Waals surface area contributed by atoms with Crippen LogP contribution in [0.25, 0.3) is 0 Å². The lowest BCUT2D eigenvalue weighted by Gasteiger charge is -2.08. The van der Waals surface area contributed by atoms with Crippen molar-refractivity contribution in [1.82, 2.24) is 9.78 Å². The fourth-order valence-corrected chi connectivity index (χ4v) is 2.01. The van der Waals surface area contributed by atoms with Gasteiger partial charge in [0, 0.05) is 23.3 Å². The summed E-state index contributed by atoms with van der Waals surface area (Å²) >= 11 is 3.24. The molecule has 2 aromatic rings. The second-order valence-electron chi connectivity index (χ2n) is 4.28. The van der Waals surface area contributed by atoms with Crippen molar-refractivity contribution in [2.75, 3.05) is 5.32 Å². The third-order valence-electron chi connectivity index (χ3n) is 2.72. The number of hydrogen-bond donors (Lipinski definition) is 1. The molecular weight excluding hydrogens is 313 g/mol. The van der Waals surface area contributed by atoms with Gasteiger partial charge < -0.3 is 5.32 Å². The molecule has 0 unspecified atom stereocenters. The highest BCUT2D eigenvalue weighted by Crippen LogP contribution is 2.25. The molecule has 6 heteroatoms. The van der Waals surface area contributed by atoms with E-state index in [1.54, 1.807) is 37.1 Å². The molecule has 2 rings (SSSR count). The van der Waals surface area contributed by atoms with Gasteiger partial charge in [0.25, 0.3) is 0 Å². The Morgan fingerprint density at radius 3 is 2.89 bits per heavy atom. The van der Waals surface area contributed by atoms with Crippen molar-refractivity contribution in [1.29, 1.82) is 0 Å². The Morgan fingerprint density at radius 1 is 1.53 bits per heavy atom. The normalized spacial score (nSPS) is 10.5. The minimum Gasteiger partial charge on any atom is -0.323 e. The SMILES string of the molecule is Cc1c(Br)ccc(NC(=O)Cc2cnn(C)c2)c1F. The fraction of sp³-hybridized carbons (Fsp3) is 0.231. The predicted molar refractivity (Wildman–Crippen MR) is 74.4 cm³/mol. The van der Waals surface area contributed by atoms with Gasteiger partial charge in [-0.15, -0.1) is 0 Å². The lowest BCUT2D eigenvalue weighted by Crippen LogP contribution is -2.15. The summed E-state index contributed by atoms with van der Waals surface area (Å²) in [6.07, 6.45) is 3.54. The van der Waals surface area contributed by atoms with Crippen LogP contribution in [0.2, 0.25) is 0 Å². The maximum absolute atomic E-state index is 13.9. The molecule has 0 aliphatic heterocycles. The molecule has 1 amide bonds. The lowest BCUT2D eigenvalue weighted by molar-refractivity contribution is -0.115. The van der Waals surface area contributed by atoms with E-state index in [0.717, 1.165) is 5.56 Å². The first kappa shape index (κ1) is 13.7. The molecule has 0 atom stereocenters. The van der Waals surface area contributed by atoms with Crippen LogP contribution in [-0.4, -0.2) is 15.7 Å². The molecule has 4 nitrogen and oxygen atoms in total. The lowest BCUT2D eigenvalue weighted by atomic mass is 10.2. The number of rotatable bonds is 3. The van der Waals surface area contributed by atoms with E-state index in [9.17, 15) is 9.18 Å². The number of nitrogens with one attached hydrogen (secondary N) is 1. The summed E-state index contributed by atoms with van der Waals surface area (Å²) in [6.45, 7) is 1.65. The van der Waals surface area contributed by atoms with E-state index in [1.807, 2.05) is 0 Å². The highest BCUT2D eigenvalue weighted by molar-refractivity contribution is 9.10. The number of amides is 1. The maximum atomic E-state index is 13.9. The number of benzene rings is 1. The molecule has 0 aliphatic rings. The Labute approximate surface area is 118 Å². The highest BCUT2D eigenvalue weighted by Gasteiger charge is 2.12. The number of nitrogens with zero attached hydrogens (tertiary/aromatic N) is 2. The molecule has 19 heavy (non-hydrogen) atoms. The number of carbonyl (C=O) groups excluding carboxylic acids is 1. The van der Waals surface area contributed by atoms with Gasteiger partial charge >= 0.3 is 0 Å². The van der Waals surface area contributed by atoms with Crippen LogP contribution in [0.3, 0.4) is 0 Å². The first-order chi connectivity index (χ1) is 8.97. The molecule has 1 N–H and O–H groups in total. The average Bonchev–Trinajstić information content (AvgIpc) is 2.75. The number of aryl methyl sites for hydroxylation is 1. The first-order valence-electron chi connectivity index (χ1n) is 5.69. The standard InChI is InChI=1S/C13H13BrFN3O/c1-8-10(14)3-4-11(13(8)15)17-12(19)5-9-6-16-18(2)7-9/h3-4,6-7H,5H2,1-2H3,(H,17,19). The summed E-state index contributed by atoms with van der Waals surface area (Å²) in [4.78, 5) is 11.8. The topological polar surface area (TPSA) is 46.9 Å². The molecule has 0 spiro atoms. The highest BCUT2D eigenvalue weighted by atomic mass is 79.9. The van der Waals surface area contributed by atoms with Gasteiger partial charge in [-0.05, 0) is 24.6 Å². The second-order valence-corrected chi connectivity index (χ2v) is 5.14. The molecule has 1 heterocycles. The number of carbonyl (C=O) groups is 1. The largest absolute Gasteiger partial charge is 0.323 e. The van der Waals surface area contributed by atoms with Gasteiger partial charge in [-0.3, -0.25) is 9.48 Å². The first-order valence-corrected chi connectivity index (χ1v) is 6.48. The maximum Gasteiger partial charge on any atom is 0.228 e. The van der Waals surface area contributed by atoms with Crippen molar-refractivity contribution < 1.29 is 9.18 Å². The van der Waals surface area contributed by atoms with E-state index in [4.69, 9.17) is 0 Å². The van der Waals surface area contributed by atoms with Gasteiger partial charge in [-0.2, -0.15) is 5.10 Å². The summed E-state index contributed by atoms with van der Waals surface area (Å²) in [5, 5.41) is 6.54. The smallest absolute Gasteiger partial charge is 0.228 e. The quantitative estimate of drug-likeness (QED) is 0.943. The molecule has 100 valence electrons. The number of anilines is 1. The van der Waals surface area contributed by atoms with Gasteiger partial charge in [-0.25, -0.2) is 4.39 Å². The van der Waals surface area contributed by atoms with Crippen molar-refractivity contribution in [3.8, 4) is 0 Å². The van der Waals surface area contributed by atoms with E-state index < -0.39 is 5.82 Å². The minimum absolute atomic E-state index is 0.169. The zero-order chi connectivity index (χ0) is 14.0. The Balaban J connectivity index is 2.09. The molecule has 0 bridgehead atoms. The van der Waals surface area contributed by atoms with Crippen molar-refractivity contribution in [2.45, 2.75) is 13.3 Å². The van der Waals surface area contributed by atoms with Crippen LogP contribution in [0.15, 0.2) is 29.0 Å².